The first-order valence-corrected chi connectivity index (χ1v) is 9.52. The molecule has 0 saturated heterocycles. The third-order valence-electron chi connectivity index (χ3n) is 3.91. The Morgan fingerprint density at radius 1 is 1.22 bits per heavy atom. The maximum Gasteiger partial charge on any atom is 0.408 e. The zero-order valence-electron chi connectivity index (χ0n) is 17.5. The van der Waals surface area contributed by atoms with Crippen molar-refractivity contribution >= 4 is 18.1 Å². The highest BCUT2D eigenvalue weighted by Crippen LogP contribution is 2.15. The molecule has 152 valence electrons. The number of hydrogen-bond acceptors (Lipinski definition) is 4. The van der Waals surface area contributed by atoms with Gasteiger partial charge in [-0.1, -0.05) is 25.8 Å². The lowest BCUT2D eigenvalue weighted by Crippen LogP contribution is -2.50. The molecule has 6 nitrogen and oxygen atoms in total. The highest BCUT2D eigenvalue weighted by Gasteiger charge is 2.28. The second-order valence-corrected chi connectivity index (χ2v) is 8.04. The minimum Gasteiger partial charge on any atom is -0.463 e. The van der Waals surface area contributed by atoms with Gasteiger partial charge in [-0.05, 0) is 52.3 Å². The summed E-state index contributed by atoms with van der Waals surface area (Å²) in [4.78, 5) is 24.2. The van der Waals surface area contributed by atoms with Crippen LogP contribution in [0.25, 0.3) is 6.08 Å². The number of esters is 1. The molecule has 0 bridgehead atoms. The van der Waals surface area contributed by atoms with E-state index in [-0.39, 0.29) is 12.6 Å². The van der Waals surface area contributed by atoms with Crippen LogP contribution in [-0.2, 0) is 21.3 Å². The van der Waals surface area contributed by atoms with Crippen LogP contribution in [0.4, 0.5) is 4.79 Å². The first kappa shape index (κ1) is 22.8. The van der Waals surface area contributed by atoms with Gasteiger partial charge < -0.3 is 19.4 Å². The molecule has 0 radical (unpaired) electrons. The van der Waals surface area contributed by atoms with E-state index in [9.17, 15) is 9.59 Å². The van der Waals surface area contributed by atoms with Gasteiger partial charge >= 0.3 is 12.1 Å². The Morgan fingerprint density at radius 2 is 1.93 bits per heavy atom. The number of carbonyl (C=O) groups excluding carboxylic acids is 2. The number of unbranched alkanes of at least 4 members (excludes halogenated alkanes) is 2. The van der Waals surface area contributed by atoms with Crippen LogP contribution in [0.2, 0.25) is 0 Å². The molecule has 0 spiro atoms. The van der Waals surface area contributed by atoms with E-state index < -0.39 is 17.2 Å². The summed E-state index contributed by atoms with van der Waals surface area (Å²) in [5.74, 6) is -0.257. The number of aryl methyl sites for hydroxylation is 1. The Balaban J connectivity index is 2.81. The maximum atomic E-state index is 12.2. The second kappa shape index (κ2) is 10.2. The summed E-state index contributed by atoms with van der Waals surface area (Å²) in [6.45, 7) is 9.34. The van der Waals surface area contributed by atoms with Crippen molar-refractivity contribution in [1.29, 1.82) is 0 Å². The smallest absolute Gasteiger partial charge is 0.408 e. The van der Waals surface area contributed by atoms with E-state index in [0.29, 0.717) is 6.42 Å². The number of aromatic nitrogens is 1. The average Bonchev–Trinajstić information content (AvgIpc) is 2.95. The van der Waals surface area contributed by atoms with Crippen molar-refractivity contribution in [1.82, 2.24) is 9.88 Å². The van der Waals surface area contributed by atoms with Gasteiger partial charge in [-0.15, -0.1) is 0 Å². The van der Waals surface area contributed by atoms with E-state index in [1.807, 2.05) is 42.1 Å². The summed E-state index contributed by atoms with van der Waals surface area (Å²) < 4.78 is 12.7. The molecule has 1 N–H and O–H groups in total. The Kier molecular flexibility index (Phi) is 8.60. The van der Waals surface area contributed by atoms with Crippen LogP contribution < -0.4 is 5.32 Å². The predicted octanol–water partition coefficient (Wildman–Crippen LogP) is 4.45. The van der Waals surface area contributed by atoms with E-state index in [1.54, 1.807) is 27.7 Å². The van der Waals surface area contributed by atoms with Gasteiger partial charge in [0.2, 0.25) is 0 Å². The van der Waals surface area contributed by atoms with Crippen molar-refractivity contribution in [2.45, 2.75) is 71.4 Å². The quantitative estimate of drug-likeness (QED) is 0.509. The van der Waals surface area contributed by atoms with Gasteiger partial charge in [0, 0.05) is 25.4 Å². The number of nitrogens with one attached hydrogen (secondary N) is 1. The van der Waals surface area contributed by atoms with Crippen molar-refractivity contribution in [2.75, 3.05) is 6.61 Å². The molecule has 0 aliphatic heterocycles. The summed E-state index contributed by atoms with van der Waals surface area (Å²) in [5.41, 5.74) is -0.516. The molecular formula is C21H34N2O4. The fourth-order valence-corrected chi connectivity index (χ4v) is 2.40. The fraction of sp³-hybridized carbons (Fsp3) is 0.619. The largest absolute Gasteiger partial charge is 0.463 e. The lowest BCUT2D eigenvalue weighted by atomic mass is 10.0. The van der Waals surface area contributed by atoms with Gasteiger partial charge in [0.1, 0.15) is 12.2 Å². The number of rotatable bonds is 9. The van der Waals surface area contributed by atoms with Gasteiger partial charge in [-0.25, -0.2) is 4.79 Å². The van der Waals surface area contributed by atoms with Gasteiger partial charge in [0.25, 0.3) is 0 Å². The number of ether oxygens (including phenoxy) is 2. The molecule has 0 aliphatic carbocycles. The minimum absolute atomic E-state index is 0.0398. The van der Waals surface area contributed by atoms with Crippen LogP contribution in [0.3, 0.4) is 0 Å². The zero-order chi connectivity index (χ0) is 20.5. The Morgan fingerprint density at radius 3 is 2.48 bits per heavy atom. The molecular weight excluding hydrogens is 344 g/mol. The molecule has 1 aromatic heterocycles. The van der Waals surface area contributed by atoms with E-state index in [1.165, 1.54) is 0 Å². The second-order valence-electron chi connectivity index (χ2n) is 8.04. The SMILES string of the molecule is CCCCCC(=O)OC[C@@](C)(C=Cc1cccn1C)NC(=O)OC(C)(C)C. The standard InChI is InChI=1S/C21H34N2O4/c1-7-8-9-12-18(24)26-16-21(5,22-19(25)27-20(2,3)4)14-13-17-11-10-15-23(17)6/h10-11,13-15H,7-9,12,16H2,1-6H3,(H,22,25)/t21-/m1/s1. The summed E-state index contributed by atoms with van der Waals surface area (Å²) in [7, 11) is 1.94. The van der Waals surface area contributed by atoms with E-state index >= 15 is 0 Å². The van der Waals surface area contributed by atoms with Crippen LogP contribution in [0.15, 0.2) is 24.4 Å². The van der Waals surface area contributed by atoms with E-state index in [0.717, 1.165) is 25.0 Å². The molecule has 1 atom stereocenters. The third kappa shape index (κ3) is 9.31. The molecule has 0 saturated carbocycles. The van der Waals surface area contributed by atoms with Gasteiger partial charge in [0.15, 0.2) is 0 Å². The molecule has 1 rings (SSSR count). The third-order valence-corrected chi connectivity index (χ3v) is 3.91. The molecule has 0 aliphatic rings. The number of carbonyl (C=O) groups is 2. The first-order chi connectivity index (χ1) is 12.5. The molecule has 1 amide bonds. The molecule has 1 heterocycles. The van der Waals surface area contributed by atoms with Crippen LogP contribution in [0.5, 0.6) is 0 Å². The molecule has 6 heteroatoms. The van der Waals surface area contributed by atoms with E-state index in [4.69, 9.17) is 9.47 Å². The molecule has 1 aromatic rings. The first-order valence-electron chi connectivity index (χ1n) is 9.52. The Labute approximate surface area is 162 Å². The fourth-order valence-electron chi connectivity index (χ4n) is 2.40. The molecule has 0 fully saturated rings. The zero-order valence-corrected chi connectivity index (χ0v) is 17.5. The molecule has 0 aromatic carbocycles. The average molecular weight is 379 g/mol. The van der Waals surface area contributed by atoms with Crippen molar-refractivity contribution in [3.8, 4) is 0 Å². The summed E-state index contributed by atoms with van der Waals surface area (Å²) >= 11 is 0. The lowest BCUT2D eigenvalue weighted by molar-refractivity contribution is -0.145. The number of alkyl carbamates (subject to hydrolysis) is 1. The van der Waals surface area contributed by atoms with Gasteiger partial charge in [0.05, 0.1) is 5.54 Å². The number of nitrogens with zero attached hydrogens (tertiary/aromatic N) is 1. The van der Waals surface area contributed by atoms with Crippen LogP contribution in [-0.4, -0.2) is 34.4 Å². The number of hydrogen-bond donors (Lipinski definition) is 1. The molecule has 0 unspecified atom stereocenters. The minimum atomic E-state index is -0.882. The Hall–Kier alpha value is -2.24. The van der Waals surface area contributed by atoms with E-state index in [2.05, 4.69) is 12.2 Å². The summed E-state index contributed by atoms with van der Waals surface area (Å²) in [5, 5.41) is 2.82. The summed E-state index contributed by atoms with van der Waals surface area (Å²) in [6.07, 6.45) is 8.34. The van der Waals surface area contributed by atoms with Gasteiger partial charge in [-0.2, -0.15) is 0 Å². The monoisotopic (exact) mass is 378 g/mol. The van der Waals surface area contributed by atoms with Crippen LogP contribution in [0.1, 0.15) is 66.0 Å². The molecule has 27 heavy (non-hydrogen) atoms. The highest BCUT2D eigenvalue weighted by atomic mass is 16.6. The van der Waals surface area contributed by atoms with Crippen molar-refractivity contribution < 1.29 is 19.1 Å². The van der Waals surface area contributed by atoms with Crippen LogP contribution >= 0.6 is 0 Å². The maximum absolute atomic E-state index is 12.2. The number of amides is 1. The van der Waals surface area contributed by atoms with Crippen molar-refractivity contribution in [3.05, 3.63) is 30.1 Å². The van der Waals surface area contributed by atoms with Gasteiger partial charge in [-0.3, -0.25) is 4.79 Å². The Bertz CT molecular complexity index is 643. The normalized spacial score (nSPS) is 14.0. The topological polar surface area (TPSA) is 69.6 Å². The van der Waals surface area contributed by atoms with Crippen molar-refractivity contribution in [3.63, 3.8) is 0 Å². The van der Waals surface area contributed by atoms with Crippen LogP contribution in [0, 0.1) is 0 Å². The highest BCUT2D eigenvalue weighted by molar-refractivity contribution is 5.71. The predicted molar refractivity (Wildman–Crippen MR) is 107 cm³/mol. The van der Waals surface area contributed by atoms with Crippen molar-refractivity contribution in [2.24, 2.45) is 7.05 Å². The summed E-state index contributed by atoms with van der Waals surface area (Å²) in [6, 6.07) is 3.90. The lowest BCUT2D eigenvalue weighted by Gasteiger charge is -2.29.